The lowest BCUT2D eigenvalue weighted by Crippen LogP contribution is -2.38. The van der Waals surface area contributed by atoms with E-state index in [0.717, 1.165) is 0 Å². The largest absolute Gasteiger partial charge is 0.321 e. The van der Waals surface area contributed by atoms with Crippen LogP contribution in [-0.4, -0.2) is 0 Å². The van der Waals surface area contributed by atoms with E-state index in [1.54, 1.807) is 0 Å². The summed E-state index contributed by atoms with van der Waals surface area (Å²) >= 11 is 11.6. The van der Waals surface area contributed by atoms with E-state index in [-0.39, 0.29) is 10.9 Å². The Balaban J connectivity index is 3.32. The van der Waals surface area contributed by atoms with Crippen LogP contribution < -0.4 is 5.73 Å². The van der Waals surface area contributed by atoms with Gasteiger partial charge in [0.1, 0.15) is 5.82 Å². The number of rotatable bonds is 2. The SMILES string of the molecule is CC(C)C(C)(N)c1cc(F)c(Cl)cc1Cl. The Bertz CT molecular complexity index is 375. The Morgan fingerprint density at radius 1 is 1.27 bits per heavy atom. The number of benzene rings is 1. The van der Waals surface area contributed by atoms with Gasteiger partial charge in [-0.15, -0.1) is 0 Å². The van der Waals surface area contributed by atoms with Gasteiger partial charge in [-0.2, -0.15) is 0 Å². The van der Waals surface area contributed by atoms with Gasteiger partial charge in [-0.1, -0.05) is 37.0 Å². The maximum Gasteiger partial charge on any atom is 0.142 e. The van der Waals surface area contributed by atoms with Crippen LogP contribution in [0, 0.1) is 11.7 Å². The van der Waals surface area contributed by atoms with Crippen LogP contribution in [-0.2, 0) is 5.54 Å². The van der Waals surface area contributed by atoms with Crippen LogP contribution in [0.15, 0.2) is 12.1 Å². The summed E-state index contributed by atoms with van der Waals surface area (Å²) < 4.78 is 13.3. The van der Waals surface area contributed by atoms with E-state index < -0.39 is 11.4 Å². The summed E-state index contributed by atoms with van der Waals surface area (Å²) in [7, 11) is 0. The van der Waals surface area contributed by atoms with Crippen LogP contribution in [0.1, 0.15) is 26.3 Å². The van der Waals surface area contributed by atoms with Crippen molar-refractivity contribution < 1.29 is 4.39 Å². The van der Waals surface area contributed by atoms with E-state index in [1.165, 1.54) is 12.1 Å². The molecule has 0 spiro atoms. The minimum Gasteiger partial charge on any atom is -0.321 e. The van der Waals surface area contributed by atoms with Crippen LogP contribution in [0.2, 0.25) is 10.0 Å². The van der Waals surface area contributed by atoms with Gasteiger partial charge in [-0.25, -0.2) is 4.39 Å². The molecule has 0 aliphatic carbocycles. The topological polar surface area (TPSA) is 26.0 Å². The van der Waals surface area contributed by atoms with Crippen LogP contribution in [0.3, 0.4) is 0 Å². The summed E-state index contributed by atoms with van der Waals surface area (Å²) in [6.45, 7) is 5.75. The molecular formula is C11H14Cl2FN. The highest BCUT2D eigenvalue weighted by atomic mass is 35.5. The zero-order valence-corrected chi connectivity index (χ0v) is 10.5. The first-order valence-electron chi connectivity index (χ1n) is 4.70. The predicted molar refractivity (Wildman–Crippen MR) is 62.8 cm³/mol. The molecule has 84 valence electrons. The number of hydrogen-bond donors (Lipinski definition) is 1. The molecule has 1 unspecified atom stereocenters. The third-order valence-corrected chi connectivity index (χ3v) is 3.39. The minimum atomic E-state index is -0.664. The molecule has 1 atom stereocenters. The van der Waals surface area contributed by atoms with Crippen LogP contribution in [0.4, 0.5) is 4.39 Å². The molecule has 0 bridgehead atoms. The molecule has 0 fully saturated rings. The summed E-state index contributed by atoms with van der Waals surface area (Å²) in [5.74, 6) is -0.344. The van der Waals surface area contributed by atoms with Crippen molar-refractivity contribution >= 4 is 23.2 Å². The number of halogens is 3. The van der Waals surface area contributed by atoms with E-state index in [0.29, 0.717) is 10.6 Å². The second kappa shape index (κ2) is 4.28. The molecule has 0 saturated heterocycles. The van der Waals surface area contributed by atoms with Gasteiger partial charge in [0.05, 0.1) is 5.02 Å². The van der Waals surface area contributed by atoms with E-state index in [2.05, 4.69) is 0 Å². The fourth-order valence-corrected chi connectivity index (χ4v) is 1.83. The van der Waals surface area contributed by atoms with Gasteiger partial charge in [0.2, 0.25) is 0 Å². The molecule has 15 heavy (non-hydrogen) atoms. The normalized spacial score (nSPS) is 15.5. The Morgan fingerprint density at radius 3 is 2.27 bits per heavy atom. The zero-order valence-electron chi connectivity index (χ0n) is 8.94. The van der Waals surface area contributed by atoms with E-state index >= 15 is 0 Å². The molecule has 2 N–H and O–H groups in total. The van der Waals surface area contributed by atoms with Crippen molar-refractivity contribution in [3.63, 3.8) is 0 Å². The summed E-state index contributed by atoms with van der Waals surface area (Å²) in [6.07, 6.45) is 0. The van der Waals surface area contributed by atoms with E-state index in [4.69, 9.17) is 28.9 Å². The highest BCUT2D eigenvalue weighted by Crippen LogP contribution is 2.34. The summed E-state index contributed by atoms with van der Waals surface area (Å²) in [5, 5.41) is 0.420. The second-order valence-electron chi connectivity index (χ2n) is 4.18. The molecule has 0 heterocycles. The predicted octanol–water partition coefficient (Wildman–Crippen LogP) is 3.96. The third kappa shape index (κ3) is 2.44. The molecule has 0 amide bonds. The fraction of sp³-hybridized carbons (Fsp3) is 0.455. The zero-order chi connectivity index (χ0) is 11.8. The Kier molecular flexibility index (Phi) is 3.64. The quantitative estimate of drug-likeness (QED) is 0.790. The number of nitrogens with two attached hydrogens (primary N) is 1. The first-order valence-corrected chi connectivity index (χ1v) is 5.46. The molecule has 1 aromatic carbocycles. The maximum atomic E-state index is 13.3. The third-order valence-electron chi connectivity index (χ3n) is 2.79. The minimum absolute atomic E-state index is 0.0170. The van der Waals surface area contributed by atoms with Gasteiger partial charge in [-0.05, 0) is 30.5 Å². The Labute approximate surface area is 99.4 Å². The first-order chi connectivity index (χ1) is 6.76. The molecule has 0 aliphatic rings. The van der Waals surface area contributed by atoms with Crippen molar-refractivity contribution in [3.8, 4) is 0 Å². The molecular weight excluding hydrogens is 236 g/mol. The Hall–Kier alpha value is -0.310. The smallest absolute Gasteiger partial charge is 0.142 e. The lowest BCUT2D eigenvalue weighted by molar-refractivity contribution is 0.349. The molecule has 1 aromatic rings. The average Bonchev–Trinajstić information content (AvgIpc) is 2.10. The van der Waals surface area contributed by atoms with Gasteiger partial charge in [-0.3, -0.25) is 0 Å². The van der Waals surface area contributed by atoms with Gasteiger partial charge in [0.15, 0.2) is 0 Å². The Morgan fingerprint density at radius 2 is 1.80 bits per heavy atom. The second-order valence-corrected chi connectivity index (χ2v) is 5.00. The maximum absolute atomic E-state index is 13.3. The molecule has 1 nitrogen and oxygen atoms in total. The average molecular weight is 250 g/mol. The van der Waals surface area contributed by atoms with Crippen molar-refractivity contribution in [1.29, 1.82) is 0 Å². The highest BCUT2D eigenvalue weighted by molar-refractivity contribution is 6.35. The van der Waals surface area contributed by atoms with Crippen LogP contribution in [0.25, 0.3) is 0 Å². The molecule has 0 aliphatic heterocycles. The first kappa shape index (κ1) is 12.8. The lowest BCUT2D eigenvalue weighted by atomic mass is 9.82. The van der Waals surface area contributed by atoms with E-state index in [9.17, 15) is 4.39 Å². The van der Waals surface area contributed by atoms with Gasteiger partial charge < -0.3 is 5.73 Å². The van der Waals surface area contributed by atoms with Crippen molar-refractivity contribution in [2.75, 3.05) is 0 Å². The molecule has 0 radical (unpaired) electrons. The van der Waals surface area contributed by atoms with Crippen LogP contribution >= 0.6 is 23.2 Å². The molecule has 0 aromatic heterocycles. The van der Waals surface area contributed by atoms with E-state index in [1.807, 2.05) is 20.8 Å². The molecule has 1 rings (SSSR count). The standard InChI is InChI=1S/C11H14Cl2FN/c1-6(2)11(3,15)7-4-10(14)9(13)5-8(7)12/h4-6H,15H2,1-3H3. The fourth-order valence-electron chi connectivity index (χ4n) is 1.25. The monoisotopic (exact) mass is 249 g/mol. The van der Waals surface area contributed by atoms with Crippen molar-refractivity contribution in [3.05, 3.63) is 33.6 Å². The van der Waals surface area contributed by atoms with Gasteiger partial charge in [0, 0.05) is 10.6 Å². The van der Waals surface area contributed by atoms with Gasteiger partial charge >= 0.3 is 0 Å². The summed E-state index contributed by atoms with van der Waals surface area (Å²) in [6, 6.07) is 2.70. The van der Waals surface area contributed by atoms with Crippen molar-refractivity contribution in [2.24, 2.45) is 11.7 Å². The van der Waals surface area contributed by atoms with Crippen LogP contribution in [0.5, 0.6) is 0 Å². The molecule has 4 heteroatoms. The van der Waals surface area contributed by atoms with Gasteiger partial charge in [0.25, 0.3) is 0 Å². The van der Waals surface area contributed by atoms with Crippen molar-refractivity contribution in [2.45, 2.75) is 26.3 Å². The summed E-state index contributed by atoms with van der Waals surface area (Å²) in [5.41, 5.74) is 6.03. The molecule has 0 saturated carbocycles. The highest BCUT2D eigenvalue weighted by Gasteiger charge is 2.28. The summed E-state index contributed by atoms with van der Waals surface area (Å²) in [4.78, 5) is 0. The number of hydrogen-bond acceptors (Lipinski definition) is 1. The lowest BCUT2D eigenvalue weighted by Gasteiger charge is -2.30. The van der Waals surface area contributed by atoms with Crippen molar-refractivity contribution in [1.82, 2.24) is 0 Å².